The Morgan fingerprint density at radius 3 is 2.48 bits per heavy atom. The number of carbonyl (C=O) groups is 1. The molecule has 1 atom stereocenters. The van der Waals surface area contributed by atoms with Gasteiger partial charge in [0, 0.05) is 4.47 Å². The van der Waals surface area contributed by atoms with E-state index < -0.39 is 12.0 Å². The Hall–Kier alpha value is -1.31. The van der Waals surface area contributed by atoms with Crippen molar-refractivity contribution in [2.45, 2.75) is 13.0 Å². The van der Waals surface area contributed by atoms with Crippen LogP contribution in [-0.4, -0.2) is 40.0 Å². The van der Waals surface area contributed by atoms with Gasteiger partial charge in [0.05, 0.1) is 33.5 Å². The standard InChI is InChI=1S/C14H20BrNO5/c1-4-21-14(17)8-20-7-11(16)9-5-12(18-2)13(19-3)6-10(9)15/h5-6,11H,4,7-8,16H2,1-3H3. The van der Waals surface area contributed by atoms with Crippen LogP contribution in [0.2, 0.25) is 0 Å². The third-order valence-electron chi connectivity index (χ3n) is 2.72. The van der Waals surface area contributed by atoms with Crippen LogP contribution in [0.5, 0.6) is 11.5 Å². The van der Waals surface area contributed by atoms with E-state index in [1.165, 1.54) is 0 Å². The fourth-order valence-electron chi connectivity index (χ4n) is 1.72. The molecule has 0 spiro atoms. The molecular weight excluding hydrogens is 342 g/mol. The van der Waals surface area contributed by atoms with Crippen molar-refractivity contribution in [2.75, 3.05) is 34.0 Å². The van der Waals surface area contributed by atoms with Crippen LogP contribution in [-0.2, 0) is 14.3 Å². The monoisotopic (exact) mass is 361 g/mol. The Balaban J connectivity index is 2.69. The van der Waals surface area contributed by atoms with Crippen LogP contribution in [0.1, 0.15) is 18.5 Å². The van der Waals surface area contributed by atoms with Gasteiger partial charge < -0.3 is 24.7 Å². The zero-order chi connectivity index (χ0) is 15.8. The number of hydrogen-bond acceptors (Lipinski definition) is 6. The number of ether oxygens (including phenoxy) is 4. The molecule has 0 aliphatic heterocycles. The van der Waals surface area contributed by atoms with Crippen LogP contribution < -0.4 is 15.2 Å². The van der Waals surface area contributed by atoms with Gasteiger partial charge in [-0.2, -0.15) is 0 Å². The van der Waals surface area contributed by atoms with Gasteiger partial charge in [0.2, 0.25) is 0 Å². The first kappa shape index (κ1) is 17.7. The molecule has 0 aliphatic carbocycles. The Kier molecular flexibility index (Phi) is 7.49. The van der Waals surface area contributed by atoms with Crippen LogP contribution in [0, 0.1) is 0 Å². The number of halogens is 1. The van der Waals surface area contributed by atoms with Crippen molar-refractivity contribution < 1.29 is 23.7 Å². The zero-order valence-corrected chi connectivity index (χ0v) is 13.9. The molecule has 1 unspecified atom stereocenters. The first-order chi connectivity index (χ1) is 10.0. The molecule has 2 N–H and O–H groups in total. The average molecular weight is 362 g/mol. The van der Waals surface area contributed by atoms with E-state index in [9.17, 15) is 4.79 Å². The summed E-state index contributed by atoms with van der Waals surface area (Å²) < 4.78 is 21.3. The molecule has 1 aromatic rings. The van der Waals surface area contributed by atoms with Gasteiger partial charge in [-0.05, 0) is 24.6 Å². The smallest absolute Gasteiger partial charge is 0.332 e. The summed E-state index contributed by atoms with van der Waals surface area (Å²) in [6.07, 6.45) is 0. The van der Waals surface area contributed by atoms with Crippen molar-refractivity contribution >= 4 is 21.9 Å². The highest BCUT2D eigenvalue weighted by Gasteiger charge is 2.16. The van der Waals surface area contributed by atoms with E-state index in [4.69, 9.17) is 24.7 Å². The van der Waals surface area contributed by atoms with E-state index >= 15 is 0 Å². The van der Waals surface area contributed by atoms with E-state index in [1.807, 2.05) is 0 Å². The summed E-state index contributed by atoms with van der Waals surface area (Å²) in [6, 6.07) is 3.15. The quantitative estimate of drug-likeness (QED) is 0.713. The fraction of sp³-hybridized carbons (Fsp3) is 0.500. The number of nitrogens with two attached hydrogens (primary N) is 1. The molecule has 1 rings (SSSR count). The van der Waals surface area contributed by atoms with E-state index in [-0.39, 0.29) is 13.2 Å². The van der Waals surface area contributed by atoms with Crippen LogP contribution in [0.3, 0.4) is 0 Å². The van der Waals surface area contributed by atoms with Gasteiger partial charge in [-0.25, -0.2) is 4.79 Å². The molecule has 1 aromatic carbocycles. The van der Waals surface area contributed by atoms with Gasteiger partial charge in [-0.15, -0.1) is 0 Å². The predicted octanol–water partition coefficient (Wildman–Crippen LogP) is 2.05. The van der Waals surface area contributed by atoms with E-state index in [0.29, 0.717) is 18.1 Å². The molecule has 0 saturated heterocycles. The molecule has 0 heterocycles. The average Bonchev–Trinajstić information content (AvgIpc) is 2.46. The Labute approximate surface area is 132 Å². The van der Waals surface area contributed by atoms with Gasteiger partial charge in [0.1, 0.15) is 6.61 Å². The van der Waals surface area contributed by atoms with Crippen molar-refractivity contribution in [1.82, 2.24) is 0 Å². The minimum Gasteiger partial charge on any atom is -0.493 e. The van der Waals surface area contributed by atoms with E-state index in [0.717, 1.165) is 10.0 Å². The summed E-state index contributed by atoms with van der Waals surface area (Å²) in [5, 5.41) is 0. The molecule has 7 heteroatoms. The second kappa shape index (κ2) is 8.86. The minimum atomic E-state index is -0.409. The Bertz CT molecular complexity index is 481. The summed E-state index contributed by atoms with van der Waals surface area (Å²) in [5.41, 5.74) is 6.87. The fourth-order valence-corrected chi connectivity index (χ4v) is 2.33. The summed E-state index contributed by atoms with van der Waals surface area (Å²) in [7, 11) is 3.12. The predicted molar refractivity (Wildman–Crippen MR) is 81.6 cm³/mol. The molecule has 0 aliphatic rings. The van der Waals surface area contributed by atoms with Crippen molar-refractivity contribution in [1.29, 1.82) is 0 Å². The van der Waals surface area contributed by atoms with Gasteiger partial charge in [-0.1, -0.05) is 15.9 Å². The second-order valence-corrected chi connectivity index (χ2v) is 5.01. The third kappa shape index (κ3) is 5.18. The molecule has 0 fully saturated rings. The van der Waals surface area contributed by atoms with Crippen LogP contribution >= 0.6 is 15.9 Å². The summed E-state index contributed by atoms with van der Waals surface area (Å²) in [5.74, 6) is 0.778. The highest BCUT2D eigenvalue weighted by molar-refractivity contribution is 9.10. The maximum absolute atomic E-state index is 11.2. The maximum Gasteiger partial charge on any atom is 0.332 e. The number of methoxy groups -OCH3 is 2. The summed E-state index contributed by atoms with van der Waals surface area (Å²) in [4.78, 5) is 11.2. The minimum absolute atomic E-state index is 0.119. The Morgan fingerprint density at radius 2 is 1.90 bits per heavy atom. The van der Waals surface area contributed by atoms with Gasteiger partial charge in [-0.3, -0.25) is 0 Å². The van der Waals surface area contributed by atoms with Crippen molar-refractivity contribution in [3.05, 3.63) is 22.2 Å². The van der Waals surface area contributed by atoms with Gasteiger partial charge in [0.15, 0.2) is 11.5 Å². The molecule has 0 radical (unpaired) electrons. The first-order valence-corrected chi connectivity index (χ1v) is 7.23. The number of esters is 1. The molecule has 0 bridgehead atoms. The lowest BCUT2D eigenvalue weighted by molar-refractivity contribution is -0.148. The van der Waals surface area contributed by atoms with Crippen LogP contribution in [0.15, 0.2) is 16.6 Å². The topological polar surface area (TPSA) is 80.0 Å². The zero-order valence-electron chi connectivity index (χ0n) is 12.3. The first-order valence-electron chi connectivity index (χ1n) is 6.43. The normalized spacial score (nSPS) is 11.9. The van der Waals surface area contributed by atoms with Gasteiger partial charge in [0.25, 0.3) is 0 Å². The number of carbonyl (C=O) groups excluding carboxylic acids is 1. The molecule has 118 valence electrons. The number of rotatable bonds is 8. The number of hydrogen-bond donors (Lipinski definition) is 1. The maximum atomic E-state index is 11.2. The van der Waals surface area contributed by atoms with E-state index in [1.54, 1.807) is 33.3 Å². The lowest BCUT2D eigenvalue weighted by atomic mass is 10.1. The van der Waals surface area contributed by atoms with Crippen LogP contribution in [0.25, 0.3) is 0 Å². The molecule has 21 heavy (non-hydrogen) atoms. The van der Waals surface area contributed by atoms with E-state index in [2.05, 4.69) is 15.9 Å². The highest BCUT2D eigenvalue weighted by atomic mass is 79.9. The molecular formula is C14H20BrNO5. The Morgan fingerprint density at radius 1 is 1.29 bits per heavy atom. The van der Waals surface area contributed by atoms with Crippen molar-refractivity contribution in [3.8, 4) is 11.5 Å². The lowest BCUT2D eigenvalue weighted by Gasteiger charge is -2.17. The number of benzene rings is 1. The lowest BCUT2D eigenvalue weighted by Crippen LogP contribution is -2.21. The third-order valence-corrected chi connectivity index (χ3v) is 3.41. The van der Waals surface area contributed by atoms with Gasteiger partial charge >= 0.3 is 5.97 Å². The molecule has 0 amide bonds. The summed E-state index contributed by atoms with van der Waals surface area (Å²) >= 11 is 3.43. The second-order valence-electron chi connectivity index (χ2n) is 4.16. The molecule has 0 saturated carbocycles. The molecule has 0 aromatic heterocycles. The highest BCUT2D eigenvalue weighted by Crippen LogP contribution is 2.35. The largest absolute Gasteiger partial charge is 0.493 e. The van der Waals surface area contributed by atoms with Crippen molar-refractivity contribution in [3.63, 3.8) is 0 Å². The SMILES string of the molecule is CCOC(=O)COCC(N)c1cc(OC)c(OC)cc1Br. The van der Waals surface area contributed by atoms with Crippen LogP contribution in [0.4, 0.5) is 0 Å². The summed E-state index contributed by atoms with van der Waals surface area (Å²) in [6.45, 7) is 2.14. The molecule has 6 nitrogen and oxygen atoms in total. The van der Waals surface area contributed by atoms with Crippen molar-refractivity contribution in [2.24, 2.45) is 5.73 Å².